The number of carbonyl (C=O) groups is 2. The van der Waals surface area contributed by atoms with Crippen LogP contribution < -0.4 is 24.8 Å². The molecular weight excluding hydrogens is 432 g/mol. The molecule has 0 atom stereocenters. The molecule has 3 aromatic carbocycles. The summed E-state index contributed by atoms with van der Waals surface area (Å²) in [6.07, 6.45) is 0. The SMILES string of the molecule is CCOc1cc(NC(=O)c2ccccc2)c(OCC)cc1NC(=O)COc1c(C)cccc1C. The Morgan fingerprint density at radius 3 is 1.85 bits per heavy atom. The number of amides is 2. The van der Waals surface area contributed by atoms with Gasteiger partial charge < -0.3 is 24.8 Å². The molecule has 0 radical (unpaired) electrons. The Morgan fingerprint density at radius 1 is 0.735 bits per heavy atom. The van der Waals surface area contributed by atoms with Crippen molar-refractivity contribution in [2.24, 2.45) is 0 Å². The fourth-order valence-corrected chi connectivity index (χ4v) is 3.44. The van der Waals surface area contributed by atoms with Crippen LogP contribution in [-0.4, -0.2) is 31.6 Å². The molecule has 3 aromatic rings. The summed E-state index contributed by atoms with van der Waals surface area (Å²) in [7, 11) is 0. The van der Waals surface area contributed by atoms with Crippen LogP contribution in [0.25, 0.3) is 0 Å². The summed E-state index contributed by atoms with van der Waals surface area (Å²) in [5, 5.41) is 5.70. The van der Waals surface area contributed by atoms with Crippen molar-refractivity contribution in [3.05, 3.63) is 77.4 Å². The van der Waals surface area contributed by atoms with Crippen molar-refractivity contribution in [2.75, 3.05) is 30.5 Å². The van der Waals surface area contributed by atoms with E-state index in [9.17, 15) is 9.59 Å². The third-order valence-corrected chi connectivity index (χ3v) is 5.00. The summed E-state index contributed by atoms with van der Waals surface area (Å²) in [6.45, 7) is 8.15. The molecule has 7 heteroatoms. The monoisotopic (exact) mass is 462 g/mol. The van der Waals surface area contributed by atoms with E-state index in [2.05, 4.69) is 10.6 Å². The molecule has 0 aliphatic carbocycles. The summed E-state index contributed by atoms with van der Waals surface area (Å²) < 4.78 is 17.2. The second-order valence-corrected chi connectivity index (χ2v) is 7.59. The smallest absolute Gasteiger partial charge is 0.262 e. The Bertz CT molecular complexity index is 1130. The molecule has 0 bridgehead atoms. The summed E-state index contributed by atoms with van der Waals surface area (Å²) >= 11 is 0. The Morgan fingerprint density at radius 2 is 1.29 bits per heavy atom. The molecule has 0 aliphatic rings. The van der Waals surface area contributed by atoms with Gasteiger partial charge in [-0.2, -0.15) is 0 Å². The average molecular weight is 463 g/mol. The fraction of sp³-hybridized carbons (Fsp3) is 0.259. The van der Waals surface area contributed by atoms with E-state index in [0.29, 0.717) is 47.4 Å². The van der Waals surface area contributed by atoms with Gasteiger partial charge in [-0.15, -0.1) is 0 Å². The van der Waals surface area contributed by atoms with E-state index < -0.39 is 0 Å². The van der Waals surface area contributed by atoms with Gasteiger partial charge in [0.05, 0.1) is 24.6 Å². The minimum absolute atomic E-state index is 0.159. The Balaban J connectivity index is 1.81. The summed E-state index contributed by atoms with van der Waals surface area (Å²) in [4.78, 5) is 25.4. The minimum Gasteiger partial charge on any atom is -0.492 e. The first-order chi connectivity index (χ1) is 16.4. The number of aryl methyl sites for hydroxylation is 2. The molecule has 34 heavy (non-hydrogen) atoms. The van der Waals surface area contributed by atoms with Gasteiger partial charge in [-0.05, 0) is 51.0 Å². The third-order valence-electron chi connectivity index (χ3n) is 5.00. The van der Waals surface area contributed by atoms with E-state index in [1.54, 1.807) is 36.4 Å². The second kappa shape index (κ2) is 11.7. The molecule has 0 saturated carbocycles. The van der Waals surface area contributed by atoms with Gasteiger partial charge in [0.25, 0.3) is 11.8 Å². The van der Waals surface area contributed by atoms with E-state index in [4.69, 9.17) is 14.2 Å². The van der Waals surface area contributed by atoms with Crippen LogP contribution in [0.4, 0.5) is 11.4 Å². The standard InChI is InChI=1S/C27H30N2O5/c1-5-32-23-16-22(29-27(31)20-13-8-7-9-14-20)24(33-6-2)15-21(23)28-25(30)17-34-26-18(3)11-10-12-19(26)4/h7-16H,5-6,17H2,1-4H3,(H,28,30)(H,29,31). The molecular formula is C27H30N2O5. The molecule has 0 saturated heterocycles. The molecule has 0 aromatic heterocycles. The van der Waals surface area contributed by atoms with Gasteiger partial charge in [0.15, 0.2) is 6.61 Å². The highest BCUT2D eigenvalue weighted by molar-refractivity contribution is 6.05. The van der Waals surface area contributed by atoms with Gasteiger partial charge in [0, 0.05) is 17.7 Å². The summed E-state index contributed by atoms with van der Waals surface area (Å²) in [6, 6.07) is 18.0. The van der Waals surface area contributed by atoms with E-state index in [-0.39, 0.29) is 18.4 Å². The van der Waals surface area contributed by atoms with Crippen molar-refractivity contribution in [3.63, 3.8) is 0 Å². The van der Waals surface area contributed by atoms with E-state index in [0.717, 1.165) is 11.1 Å². The van der Waals surface area contributed by atoms with E-state index >= 15 is 0 Å². The number of hydrogen-bond donors (Lipinski definition) is 2. The van der Waals surface area contributed by atoms with Crippen LogP contribution in [0.1, 0.15) is 35.3 Å². The topological polar surface area (TPSA) is 85.9 Å². The second-order valence-electron chi connectivity index (χ2n) is 7.59. The highest BCUT2D eigenvalue weighted by Crippen LogP contribution is 2.37. The van der Waals surface area contributed by atoms with Crippen molar-refractivity contribution in [3.8, 4) is 17.2 Å². The number of benzene rings is 3. The maximum absolute atomic E-state index is 12.7. The summed E-state index contributed by atoms with van der Waals surface area (Å²) in [5.41, 5.74) is 3.31. The maximum atomic E-state index is 12.7. The van der Waals surface area contributed by atoms with Crippen molar-refractivity contribution in [1.29, 1.82) is 0 Å². The van der Waals surface area contributed by atoms with Crippen molar-refractivity contribution >= 4 is 23.2 Å². The van der Waals surface area contributed by atoms with Crippen LogP contribution in [0.5, 0.6) is 17.2 Å². The quantitative estimate of drug-likeness (QED) is 0.423. The lowest BCUT2D eigenvalue weighted by molar-refractivity contribution is -0.118. The highest BCUT2D eigenvalue weighted by Gasteiger charge is 2.17. The molecule has 7 nitrogen and oxygen atoms in total. The zero-order valence-corrected chi connectivity index (χ0v) is 19.9. The van der Waals surface area contributed by atoms with E-state index in [1.165, 1.54) is 0 Å². The zero-order valence-electron chi connectivity index (χ0n) is 19.9. The number of rotatable bonds is 10. The van der Waals surface area contributed by atoms with E-state index in [1.807, 2.05) is 52.0 Å². The maximum Gasteiger partial charge on any atom is 0.262 e. The molecule has 0 aliphatic heterocycles. The zero-order chi connectivity index (χ0) is 24.5. The average Bonchev–Trinajstić information content (AvgIpc) is 2.82. The number of carbonyl (C=O) groups excluding carboxylic acids is 2. The van der Waals surface area contributed by atoms with Gasteiger partial charge in [-0.25, -0.2) is 0 Å². The molecule has 0 unspecified atom stereocenters. The third kappa shape index (κ3) is 6.28. The number of para-hydroxylation sites is 1. The largest absolute Gasteiger partial charge is 0.492 e. The first-order valence-electron chi connectivity index (χ1n) is 11.2. The fourth-order valence-electron chi connectivity index (χ4n) is 3.44. The molecule has 0 fully saturated rings. The predicted octanol–water partition coefficient (Wildman–Crippen LogP) is 5.37. The van der Waals surface area contributed by atoms with Crippen LogP contribution in [0.15, 0.2) is 60.7 Å². The first-order valence-corrected chi connectivity index (χ1v) is 11.2. The van der Waals surface area contributed by atoms with Crippen LogP contribution >= 0.6 is 0 Å². The molecule has 178 valence electrons. The summed E-state index contributed by atoms with van der Waals surface area (Å²) in [5.74, 6) is 0.905. The molecule has 0 spiro atoms. The lowest BCUT2D eigenvalue weighted by Crippen LogP contribution is -2.21. The molecule has 2 amide bonds. The minimum atomic E-state index is -0.341. The predicted molar refractivity (Wildman–Crippen MR) is 133 cm³/mol. The van der Waals surface area contributed by atoms with Crippen LogP contribution in [0, 0.1) is 13.8 Å². The van der Waals surface area contributed by atoms with Gasteiger partial charge in [0.1, 0.15) is 17.2 Å². The van der Waals surface area contributed by atoms with Crippen LogP contribution in [-0.2, 0) is 4.79 Å². The lowest BCUT2D eigenvalue weighted by Gasteiger charge is -2.18. The van der Waals surface area contributed by atoms with Gasteiger partial charge in [-0.3, -0.25) is 9.59 Å². The number of ether oxygens (including phenoxy) is 3. The normalized spacial score (nSPS) is 10.4. The van der Waals surface area contributed by atoms with Crippen LogP contribution in [0.2, 0.25) is 0 Å². The Labute approximate surface area is 200 Å². The first kappa shape index (κ1) is 24.6. The van der Waals surface area contributed by atoms with Crippen molar-refractivity contribution < 1.29 is 23.8 Å². The van der Waals surface area contributed by atoms with Crippen molar-refractivity contribution in [1.82, 2.24) is 0 Å². The number of anilines is 2. The number of nitrogens with one attached hydrogen (secondary N) is 2. The molecule has 2 N–H and O–H groups in total. The molecule has 0 heterocycles. The van der Waals surface area contributed by atoms with Crippen molar-refractivity contribution in [2.45, 2.75) is 27.7 Å². The number of hydrogen-bond acceptors (Lipinski definition) is 5. The van der Waals surface area contributed by atoms with Gasteiger partial charge in [-0.1, -0.05) is 36.4 Å². The Kier molecular flexibility index (Phi) is 8.51. The lowest BCUT2D eigenvalue weighted by atomic mass is 10.1. The van der Waals surface area contributed by atoms with Crippen LogP contribution in [0.3, 0.4) is 0 Å². The molecule has 3 rings (SSSR count). The van der Waals surface area contributed by atoms with Gasteiger partial charge in [0.2, 0.25) is 0 Å². The Hall–Kier alpha value is -4.00. The highest BCUT2D eigenvalue weighted by atomic mass is 16.5. The van der Waals surface area contributed by atoms with Gasteiger partial charge >= 0.3 is 0 Å².